The Kier molecular flexibility index (Phi) is 3.43. The maximum absolute atomic E-state index is 12.0. The second-order valence-electron chi connectivity index (χ2n) is 6.82. The van der Waals surface area contributed by atoms with Gasteiger partial charge in [0.05, 0.1) is 7.11 Å². The van der Waals surface area contributed by atoms with Gasteiger partial charge < -0.3 is 9.64 Å². The van der Waals surface area contributed by atoms with Crippen LogP contribution in [0.3, 0.4) is 0 Å². The molecular formula is C16H21N5O2S. The molecule has 0 amide bonds. The van der Waals surface area contributed by atoms with Crippen LogP contribution in [0.4, 0.5) is 5.69 Å². The van der Waals surface area contributed by atoms with Crippen LogP contribution in [0.1, 0.15) is 6.42 Å². The summed E-state index contributed by atoms with van der Waals surface area (Å²) in [4.78, 5) is 10.9. The van der Waals surface area contributed by atoms with E-state index in [9.17, 15) is 4.21 Å². The number of pyridine rings is 2. The van der Waals surface area contributed by atoms with Crippen LogP contribution in [0, 0.1) is 10.2 Å². The Morgan fingerprint density at radius 1 is 1.25 bits per heavy atom. The molecule has 2 aromatic heterocycles. The van der Waals surface area contributed by atoms with E-state index in [1.54, 1.807) is 19.5 Å². The fraction of sp³-hybridized carbons (Fsp3) is 0.500. The van der Waals surface area contributed by atoms with Gasteiger partial charge in [-0.05, 0) is 18.6 Å². The van der Waals surface area contributed by atoms with Crippen LogP contribution in [-0.2, 0) is 9.92 Å². The molecule has 128 valence electrons. The van der Waals surface area contributed by atoms with E-state index in [1.807, 2.05) is 16.4 Å². The molecule has 1 N–H and O–H groups in total. The Morgan fingerprint density at radius 3 is 2.67 bits per heavy atom. The Balaban J connectivity index is 1.59. The van der Waals surface area contributed by atoms with E-state index in [1.165, 1.54) is 6.26 Å². The molecule has 2 fully saturated rings. The average Bonchev–Trinajstić information content (AvgIpc) is 2.98. The van der Waals surface area contributed by atoms with Crippen molar-refractivity contribution in [3.63, 3.8) is 0 Å². The number of hydrogen-bond donors (Lipinski definition) is 1. The number of rotatable bonds is 3. The fourth-order valence-corrected chi connectivity index (χ4v) is 4.81. The van der Waals surface area contributed by atoms with Crippen molar-refractivity contribution in [2.24, 2.45) is 5.41 Å². The van der Waals surface area contributed by atoms with E-state index >= 15 is 0 Å². The summed E-state index contributed by atoms with van der Waals surface area (Å²) in [6.45, 7) is 3.34. The Morgan fingerprint density at radius 2 is 2.00 bits per heavy atom. The van der Waals surface area contributed by atoms with Crippen LogP contribution in [0.5, 0.6) is 5.88 Å². The molecule has 2 aromatic rings. The normalized spacial score (nSPS) is 22.5. The van der Waals surface area contributed by atoms with Gasteiger partial charge in [-0.1, -0.05) is 0 Å². The zero-order valence-electron chi connectivity index (χ0n) is 13.9. The first-order chi connectivity index (χ1) is 11.4. The molecule has 0 radical (unpaired) electrons. The van der Waals surface area contributed by atoms with Gasteiger partial charge in [0, 0.05) is 61.3 Å². The van der Waals surface area contributed by atoms with Gasteiger partial charge in [-0.3, -0.25) is 4.98 Å². The summed E-state index contributed by atoms with van der Waals surface area (Å²) < 4.78 is 26.9. The smallest absolute Gasteiger partial charge is 0.240 e. The van der Waals surface area contributed by atoms with Crippen LogP contribution >= 0.6 is 0 Å². The van der Waals surface area contributed by atoms with Gasteiger partial charge in [-0.15, -0.1) is 0 Å². The number of nitrogens with one attached hydrogen (secondary N) is 1. The van der Waals surface area contributed by atoms with Gasteiger partial charge in [0.25, 0.3) is 0 Å². The largest absolute Gasteiger partial charge is 0.479 e. The molecule has 24 heavy (non-hydrogen) atoms. The molecule has 2 saturated heterocycles. The monoisotopic (exact) mass is 347 g/mol. The molecular weight excluding hydrogens is 326 g/mol. The second-order valence-corrected chi connectivity index (χ2v) is 8.94. The molecule has 1 spiro atoms. The third-order valence-corrected chi connectivity index (χ3v) is 6.38. The van der Waals surface area contributed by atoms with Gasteiger partial charge in [0.15, 0.2) is 0 Å². The Hall–Kier alpha value is -1.93. The number of nitrogens with zero attached hydrogens (tertiary/aromatic N) is 4. The molecule has 0 aromatic carbocycles. The summed E-state index contributed by atoms with van der Waals surface area (Å²) >= 11 is 0. The highest BCUT2D eigenvalue weighted by Gasteiger charge is 2.49. The molecule has 1 unspecified atom stereocenters. The minimum atomic E-state index is -2.60. The van der Waals surface area contributed by atoms with Crippen molar-refractivity contribution in [1.29, 1.82) is 4.78 Å². The van der Waals surface area contributed by atoms with Crippen LogP contribution in [0.25, 0.3) is 10.9 Å². The molecule has 7 nitrogen and oxygen atoms in total. The molecule has 4 heterocycles. The number of methoxy groups -OCH3 is 1. The summed E-state index contributed by atoms with van der Waals surface area (Å²) in [6.07, 6.45) is 6.04. The van der Waals surface area contributed by atoms with E-state index < -0.39 is 9.92 Å². The van der Waals surface area contributed by atoms with E-state index in [4.69, 9.17) is 9.52 Å². The predicted octanol–water partition coefficient (Wildman–Crippen LogP) is 1.74. The summed E-state index contributed by atoms with van der Waals surface area (Å²) in [5, 5.41) is 1.04. The lowest BCUT2D eigenvalue weighted by molar-refractivity contribution is 0.232. The topological polar surface area (TPSA) is 82.4 Å². The van der Waals surface area contributed by atoms with Gasteiger partial charge in [-0.25, -0.2) is 18.3 Å². The third kappa shape index (κ3) is 2.41. The predicted molar refractivity (Wildman–Crippen MR) is 93.7 cm³/mol. The lowest BCUT2D eigenvalue weighted by Gasteiger charge is -2.49. The number of anilines is 1. The molecule has 0 saturated carbocycles. The Bertz CT molecular complexity index is 892. The number of aromatic nitrogens is 2. The summed E-state index contributed by atoms with van der Waals surface area (Å²) in [5.74, 6) is 0.538. The van der Waals surface area contributed by atoms with Crippen LogP contribution in [0.2, 0.25) is 0 Å². The molecule has 0 bridgehead atoms. The summed E-state index contributed by atoms with van der Waals surface area (Å²) in [7, 11) is -0.993. The van der Waals surface area contributed by atoms with Gasteiger partial charge >= 0.3 is 0 Å². The minimum absolute atomic E-state index is 0.159. The molecule has 2 aliphatic rings. The highest BCUT2D eigenvalue weighted by Crippen LogP contribution is 2.44. The van der Waals surface area contributed by atoms with Crippen molar-refractivity contribution in [3.05, 3.63) is 24.5 Å². The van der Waals surface area contributed by atoms with Crippen molar-refractivity contribution >= 4 is 26.5 Å². The van der Waals surface area contributed by atoms with Crippen molar-refractivity contribution in [2.75, 3.05) is 44.4 Å². The minimum Gasteiger partial charge on any atom is -0.479 e. The summed E-state index contributed by atoms with van der Waals surface area (Å²) in [5.41, 5.74) is 2.06. The van der Waals surface area contributed by atoms with E-state index in [0.717, 1.165) is 49.2 Å². The SMILES string of the molecule is COc1nccc2c(N3CC4(CCN(S(C)(=N)=O)C4)C3)ccnc12. The van der Waals surface area contributed by atoms with Crippen LogP contribution in [-0.4, -0.2) is 58.0 Å². The van der Waals surface area contributed by atoms with E-state index in [2.05, 4.69) is 14.9 Å². The van der Waals surface area contributed by atoms with Crippen molar-refractivity contribution < 1.29 is 8.95 Å². The quantitative estimate of drug-likeness (QED) is 0.914. The van der Waals surface area contributed by atoms with Crippen molar-refractivity contribution in [3.8, 4) is 5.88 Å². The van der Waals surface area contributed by atoms with Gasteiger partial charge in [0.1, 0.15) is 15.4 Å². The first-order valence-corrected chi connectivity index (χ1v) is 9.86. The lowest BCUT2D eigenvalue weighted by atomic mass is 9.78. The maximum atomic E-state index is 12.0. The molecule has 1 atom stereocenters. The van der Waals surface area contributed by atoms with Crippen LogP contribution < -0.4 is 9.64 Å². The van der Waals surface area contributed by atoms with E-state index in [-0.39, 0.29) is 5.41 Å². The third-order valence-electron chi connectivity index (χ3n) is 5.09. The molecule has 8 heteroatoms. The highest BCUT2D eigenvalue weighted by molar-refractivity contribution is 7.89. The van der Waals surface area contributed by atoms with Gasteiger partial charge in [-0.2, -0.15) is 0 Å². The van der Waals surface area contributed by atoms with Crippen molar-refractivity contribution in [1.82, 2.24) is 14.3 Å². The van der Waals surface area contributed by atoms with Crippen molar-refractivity contribution in [2.45, 2.75) is 6.42 Å². The average molecular weight is 347 g/mol. The molecule has 4 rings (SSSR count). The lowest BCUT2D eigenvalue weighted by Crippen LogP contribution is -2.58. The molecule has 2 aliphatic heterocycles. The number of ether oxygens (including phenoxy) is 1. The summed E-state index contributed by atoms with van der Waals surface area (Å²) in [6, 6.07) is 3.99. The molecule has 0 aliphatic carbocycles. The first kappa shape index (κ1) is 15.6. The second kappa shape index (κ2) is 5.29. The zero-order chi connectivity index (χ0) is 16.9. The number of hydrogen-bond acceptors (Lipinski definition) is 6. The Labute approximate surface area is 141 Å². The highest BCUT2D eigenvalue weighted by atomic mass is 32.2. The first-order valence-electron chi connectivity index (χ1n) is 7.93. The van der Waals surface area contributed by atoms with Crippen LogP contribution in [0.15, 0.2) is 24.5 Å². The maximum Gasteiger partial charge on any atom is 0.240 e. The zero-order valence-corrected chi connectivity index (χ0v) is 14.7. The van der Waals surface area contributed by atoms with E-state index in [0.29, 0.717) is 5.88 Å². The number of fused-ring (bicyclic) bond motifs is 1. The fourth-order valence-electron chi connectivity index (χ4n) is 3.85. The van der Waals surface area contributed by atoms with Gasteiger partial charge in [0.2, 0.25) is 5.88 Å². The standard InChI is InChI=1S/C16H21N5O2S/c1-23-15-14-12(3-6-19-15)13(4-7-18-14)20-9-16(10-20)5-8-21(11-16)24(2,17)22/h3-4,6-7,17H,5,8-11H2,1-2H3.